The molecule has 0 aliphatic carbocycles. The maximum atomic E-state index is 12.8. The van der Waals surface area contributed by atoms with Gasteiger partial charge >= 0.3 is 0 Å². The van der Waals surface area contributed by atoms with Crippen molar-refractivity contribution in [3.05, 3.63) is 29.8 Å². The quantitative estimate of drug-likeness (QED) is 0.614. The predicted molar refractivity (Wildman–Crippen MR) is 106 cm³/mol. The zero-order valence-electron chi connectivity index (χ0n) is 16.2. The molecule has 0 bridgehead atoms. The van der Waals surface area contributed by atoms with Crippen LogP contribution in [-0.2, 0) is 16.1 Å². The Morgan fingerprint density at radius 2 is 2.14 bits per heavy atom. The van der Waals surface area contributed by atoms with Gasteiger partial charge in [-0.2, -0.15) is 0 Å². The smallest absolute Gasteiger partial charge is 0.239 e. The number of fused-ring (bicyclic) bond motifs is 1. The van der Waals surface area contributed by atoms with Crippen LogP contribution in [0.5, 0.6) is 5.75 Å². The third kappa shape index (κ3) is 4.64. The Kier molecular flexibility index (Phi) is 6.55. The van der Waals surface area contributed by atoms with Crippen molar-refractivity contribution in [2.75, 3.05) is 26.7 Å². The molecule has 2 amide bonds. The van der Waals surface area contributed by atoms with E-state index in [4.69, 9.17) is 6.42 Å². The maximum absolute atomic E-state index is 12.8. The lowest BCUT2D eigenvalue weighted by molar-refractivity contribution is -0.126. The number of amides is 2. The lowest BCUT2D eigenvalue weighted by Crippen LogP contribution is -2.49. The highest BCUT2D eigenvalue weighted by molar-refractivity contribution is 5.83. The Balaban J connectivity index is 1.63. The number of carbonyl (C=O) groups excluding carboxylic acids is 2. The standard InChI is InChI=1S/C21H28N4O3/c1-3-11-22-19(27)9-6-16-13-23-21(28)20-18(24(16)2)10-12-25(20)14-15-4-7-17(26)8-5-15/h1,4-5,7-8,16,18,20,26H,6,9-14H2,2H3,(H,22,27)(H,23,28)/t16-,18-,20-/m0/s1. The van der Waals surface area contributed by atoms with E-state index in [1.165, 1.54) is 0 Å². The number of rotatable bonds is 6. The van der Waals surface area contributed by atoms with Gasteiger partial charge in [-0.15, -0.1) is 6.42 Å². The number of nitrogens with one attached hydrogen (secondary N) is 2. The fraction of sp³-hybridized carbons (Fsp3) is 0.524. The van der Waals surface area contributed by atoms with Crippen LogP contribution in [0.15, 0.2) is 24.3 Å². The van der Waals surface area contributed by atoms with Gasteiger partial charge in [-0.1, -0.05) is 18.1 Å². The highest BCUT2D eigenvalue weighted by atomic mass is 16.3. The summed E-state index contributed by atoms with van der Waals surface area (Å²) in [4.78, 5) is 29.1. The molecule has 1 aromatic rings. The maximum Gasteiger partial charge on any atom is 0.239 e. The Morgan fingerprint density at radius 3 is 2.86 bits per heavy atom. The molecule has 2 saturated heterocycles. The van der Waals surface area contributed by atoms with Gasteiger partial charge in [0.05, 0.1) is 6.54 Å². The fourth-order valence-electron chi connectivity index (χ4n) is 4.20. The van der Waals surface area contributed by atoms with Gasteiger partial charge < -0.3 is 15.7 Å². The van der Waals surface area contributed by atoms with Crippen molar-refractivity contribution < 1.29 is 14.7 Å². The average molecular weight is 384 g/mol. The Hall–Kier alpha value is -2.56. The summed E-state index contributed by atoms with van der Waals surface area (Å²) < 4.78 is 0. The number of benzene rings is 1. The summed E-state index contributed by atoms with van der Waals surface area (Å²) in [6, 6.07) is 7.14. The zero-order valence-corrected chi connectivity index (χ0v) is 16.2. The molecule has 1 aromatic carbocycles. The Bertz CT molecular complexity index is 743. The van der Waals surface area contributed by atoms with Gasteiger partial charge in [-0.3, -0.25) is 19.4 Å². The van der Waals surface area contributed by atoms with Crippen LogP contribution < -0.4 is 10.6 Å². The molecule has 0 saturated carbocycles. The first kappa shape index (κ1) is 20.2. The monoisotopic (exact) mass is 384 g/mol. The van der Waals surface area contributed by atoms with E-state index < -0.39 is 0 Å². The van der Waals surface area contributed by atoms with Gasteiger partial charge in [0.25, 0.3) is 0 Å². The molecule has 2 fully saturated rings. The van der Waals surface area contributed by atoms with Crippen LogP contribution in [0.3, 0.4) is 0 Å². The summed E-state index contributed by atoms with van der Waals surface area (Å²) in [5, 5.41) is 15.2. The minimum atomic E-state index is -0.209. The third-order valence-electron chi connectivity index (χ3n) is 5.76. The van der Waals surface area contributed by atoms with Gasteiger partial charge in [-0.05, 0) is 37.6 Å². The summed E-state index contributed by atoms with van der Waals surface area (Å²) in [5.41, 5.74) is 1.07. The second-order valence-corrected chi connectivity index (χ2v) is 7.52. The molecule has 7 nitrogen and oxygen atoms in total. The van der Waals surface area contributed by atoms with Gasteiger partial charge in [-0.25, -0.2) is 0 Å². The van der Waals surface area contributed by atoms with E-state index in [1.807, 2.05) is 19.2 Å². The molecule has 0 aromatic heterocycles. The number of nitrogens with zero attached hydrogens (tertiary/aromatic N) is 2. The lowest BCUT2D eigenvalue weighted by Gasteiger charge is -2.33. The van der Waals surface area contributed by atoms with Crippen LogP contribution >= 0.6 is 0 Å². The number of hydrogen-bond donors (Lipinski definition) is 3. The molecule has 2 aliphatic rings. The second-order valence-electron chi connectivity index (χ2n) is 7.52. The summed E-state index contributed by atoms with van der Waals surface area (Å²) >= 11 is 0. The van der Waals surface area contributed by atoms with E-state index in [9.17, 15) is 14.7 Å². The molecular weight excluding hydrogens is 356 g/mol. The third-order valence-corrected chi connectivity index (χ3v) is 5.76. The van der Waals surface area contributed by atoms with Gasteiger partial charge in [0.1, 0.15) is 11.8 Å². The van der Waals surface area contributed by atoms with E-state index in [1.54, 1.807) is 12.1 Å². The number of phenols is 1. The van der Waals surface area contributed by atoms with Crippen LogP contribution in [0.2, 0.25) is 0 Å². The van der Waals surface area contributed by atoms with Crippen molar-refractivity contribution in [2.24, 2.45) is 0 Å². The highest BCUT2D eigenvalue weighted by Gasteiger charge is 2.44. The van der Waals surface area contributed by atoms with Crippen molar-refractivity contribution >= 4 is 11.8 Å². The van der Waals surface area contributed by atoms with Gasteiger partial charge in [0.15, 0.2) is 0 Å². The zero-order chi connectivity index (χ0) is 20.1. The predicted octanol–water partition coefficient (Wildman–Crippen LogP) is 0.295. The molecule has 7 heteroatoms. The van der Waals surface area contributed by atoms with Crippen LogP contribution in [0.25, 0.3) is 0 Å². The number of hydrogen-bond acceptors (Lipinski definition) is 5. The van der Waals surface area contributed by atoms with E-state index in [-0.39, 0.29) is 42.2 Å². The molecule has 0 radical (unpaired) electrons. The summed E-state index contributed by atoms with van der Waals surface area (Å²) in [5.74, 6) is 2.63. The van der Waals surface area contributed by atoms with Crippen molar-refractivity contribution in [1.29, 1.82) is 0 Å². The van der Waals surface area contributed by atoms with Crippen LogP contribution in [0.1, 0.15) is 24.8 Å². The molecule has 3 rings (SSSR count). The molecule has 3 N–H and O–H groups in total. The SMILES string of the molecule is C#CCNC(=O)CC[C@H]1CNC(=O)[C@@H]2[C@H](CCN2Cc2ccc(O)cc2)N1C. The number of likely N-dealkylation sites (N-methyl/N-ethyl adjacent to an activating group) is 1. The molecule has 2 aliphatic heterocycles. The topological polar surface area (TPSA) is 84.9 Å². The fourth-order valence-corrected chi connectivity index (χ4v) is 4.20. The molecule has 2 heterocycles. The first-order valence-corrected chi connectivity index (χ1v) is 9.71. The van der Waals surface area contributed by atoms with Crippen molar-refractivity contribution in [3.8, 4) is 18.1 Å². The molecule has 0 spiro atoms. The molecule has 3 atom stereocenters. The first-order valence-electron chi connectivity index (χ1n) is 9.71. The number of likely N-dealkylation sites (tertiary alicyclic amines) is 1. The van der Waals surface area contributed by atoms with Crippen LogP contribution in [0.4, 0.5) is 0 Å². The van der Waals surface area contributed by atoms with Crippen molar-refractivity contribution in [1.82, 2.24) is 20.4 Å². The Labute approximate surface area is 166 Å². The minimum absolute atomic E-state index is 0.0485. The van der Waals surface area contributed by atoms with Crippen molar-refractivity contribution in [2.45, 2.75) is 43.9 Å². The normalized spacial score (nSPS) is 25.4. The molecule has 0 unspecified atom stereocenters. The second kappa shape index (κ2) is 9.09. The van der Waals surface area contributed by atoms with Crippen LogP contribution in [-0.4, -0.2) is 71.5 Å². The lowest BCUT2D eigenvalue weighted by atomic mass is 10.0. The molecule has 150 valence electrons. The summed E-state index contributed by atoms with van der Waals surface area (Å²) in [6.45, 7) is 2.29. The van der Waals surface area contributed by atoms with Gasteiger partial charge in [0.2, 0.25) is 11.8 Å². The van der Waals surface area contributed by atoms with E-state index in [2.05, 4.69) is 26.4 Å². The number of terminal acetylenes is 1. The number of aromatic hydroxyl groups is 1. The average Bonchev–Trinajstić information content (AvgIpc) is 3.06. The van der Waals surface area contributed by atoms with Gasteiger partial charge in [0, 0.05) is 38.1 Å². The number of carbonyl (C=O) groups is 2. The first-order chi connectivity index (χ1) is 13.5. The Morgan fingerprint density at radius 1 is 1.39 bits per heavy atom. The van der Waals surface area contributed by atoms with Crippen LogP contribution in [0, 0.1) is 12.3 Å². The molecule has 28 heavy (non-hydrogen) atoms. The number of phenolic OH excluding ortho intramolecular Hbond substituents is 1. The minimum Gasteiger partial charge on any atom is -0.508 e. The summed E-state index contributed by atoms with van der Waals surface area (Å²) in [7, 11) is 2.05. The van der Waals surface area contributed by atoms with E-state index >= 15 is 0 Å². The van der Waals surface area contributed by atoms with E-state index in [0.29, 0.717) is 25.9 Å². The summed E-state index contributed by atoms with van der Waals surface area (Å²) in [6.07, 6.45) is 7.14. The highest BCUT2D eigenvalue weighted by Crippen LogP contribution is 2.28. The van der Waals surface area contributed by atoms with E-state index in [0.717, 1.165) is 18.5 Å². The molecular formula is C21H28N4O3. The largest absolute Gasteiger partial charge is 0.508 e. The van der Waals surface area contributed by atoms with Crippen molar-refractivity contribution in [3.63, 3.8) is 0 Å².